The van der Waals surface area contributed by atoms with E-state index in [1.165, 1.54) is 17.5 Å². The average molecular weight is 356 g/mol. The first kappa shape index (κ1) is 17.8. The van der Waals surface area contributed by atoms with Crippen LogP contribution in [0.2, 0.25) is 0 Å². The number of carbonyl (C=O) groups is 2. The number of carbonyl (C=O) groups excluding carboxylic acids is 1. The Hall–Kier alpha value is -2.55. The van der Waals surface area contributed by atoms with Gasteiger partial charge >= 0.3 is 12.6 Å². The third-order valence-electron chi connectivity index (χ3n) is 3.00. The number of rotatable bonds is 8. The summed E-state index contributed by atoms with van der Waals surface area (Å²) < 4.78 is 28.3. The second kappa shape index (κ2) is 8.34. The second-order valence-corrected chi connectivity index (χ2v) is 5.67. The van der Waals surface area contributed by atoms with Crippen molar-refractivity contribution in [2.75, 3.05) is 0 Å². The van der Waals surface area contributed by atoms with Gasteiger partial charge < -0.3 is 15.2 Å². The predicted octanol–water partition coefficient (Wildman–Crippen LogP) is 2.69. The van der Waals surface area contributed by atoms with E-state index in [0.29, 0.717) is 11.4 Å². The Labute approximate surface area is 140 Å². The van der Waals surface area contributed by atoms with Gasteiger partial charge in [0.15, 0.2) is 5.69 Å². The maximum absolute atomic E-state index is 12.0. The van der Waals surface area contributed by atoms with Crippen LogP contribution in [0.25, 0.3) is 0 Å². The highest BCUT2D eigenvalue weighted by molar-refractivity contribution is 7.09. The molecule has 0 aliphatic heterocycles. The number of hydrogen-bond acceptors (Lipinski definition) is 5. The highest BCUT2D eigenvalue weighted by Crippen LogP contribution is 2.16. The lowest BCUT2D eigenvalue weighted by Crippen LogP contribution is -2.23. The Kier molecular flexibility index (Phi) is 6.19. The first-order chi connectivity index (χ1) is 11.4. The molecule has 0 saturated heterocycles. The summed E-state index contributed by atoms with van der Waals surface area (Å²) in [6, 6.07) is 6.07. The van der Waals surface area contributed by atoms with Gasteiger partial charge in [-0.2, -0.15) is 8.78 Å². The van der Waals surface area contributed by atoms with Crippen molar-refractivity contribution in [1.29, 1.82) is 0 Å². The Morgan fingerprint density at radius 1 is 1.29 bits per heavy atom. The van der Waals surface area contributed by atoms with E-state index in [1.807, 2.05) is 0 Å². The van der Waals surface area contributed by atoms with Crippen LogP contribution in [0, 0.1) is 0 Å². The maximum Gasteiger partial charge on any atom is 0.387 e. The summed E-state index contributed by atoms with van der Waals surface area (Å²) in [6.45, 7) is -2.70. The molecule has 0 radical (unpaired) electrons. The molecule has 24 heavy (non-hydrogen) atoms. The van der Waals surface area contributed by atoms with Crippen molar-refractivity contribution in [3.63, 3.8) is 0 Å². The number of nitrogens with zero attached hydrogens (tertiary/aromatic N) is 1. The third-order valence-corrected chi connectivity index (χ3v) is 3.85. The molecule has 1 aromatic carbocycles. The Bertz CT molecular complexity index is 704. The van der Waals surface area contributed by atoms with Gasteiger partial charge in [0.2, 0.25) is 5.91 Å². The number of carboxylic acids is 1. The molecular formula is C15H14F2N2O4S. The number of alkyl halides is 2. The molecule has 2 rings (SSSR count). The molecule has 0 spiro atoms. The normalized spacial score (nSPS) is 10.6. The number of hydrogen-bond donors (Lipinski definition) is 2. The first-order valence-electron chi connectivity index (χ1n) is 6.92. The Morgan fingerprint density at radius 2 is 2.00 bits per heavy atom. The van der Waals surface area contributed by atoms with E-state index in [0.717, 1.165) is 16.9 Å². The van der Waals surface area contributed by atoms with Crippen molar-refractivity contribution in [3.05, 3.63) is 45.9 Å². The van der Waals surface area contributed by atoms with Gasteiger partial charge in [0.05, 0.1) is 6.54 Å². The molecule has 0 saturated carbocycles. The van der Waals surface area contributed by atoms with Gasteiger partial charge in [-0.05, 0) is 24.1 Å². The number of aromatic nitrogens is 1. The zero-order valence-corrected chi connectivity index (χ0v) is 13.2. The van der Waals surface area contributed by atoms with E-state index in [2.05, 4.69) is 15.0 Å². The van der Waals surface area contributed by atoms with Crippen molar-refractivity contribution < 1.29 is 28.2 Å². The van der Waals surface area contributed by atoms with Crippen LogP contribution in [-0.2, 0) is 17.8 Å². The van der Waals surface area contributed by atoms with Crippen molar-refractivity contribution in [2.24, 2.45) is 0 Å². The summed E-state index contributed by atoms with van der Waals surface area (Å²) in [7, 11) is 0. The van der Waals surface area contributed by atoms with Crippen LogP contribution in [0.1, 0.15) is 27.5 Å². The molecule has 2 N–H and O–H groups in total. The summed E-state index contributed by atoms with van der Waals surface area (Å²) in [5.41, 5.74) is 0.768. The number of nitrogens with one attached hydrogen (secondary N) is 1. The molecule has 0 aliphatic carbocycles. The van der Waals surface area contributed by atoms with Crippen LogP contribution >= 0.6 is 11.3 Å². The fourth-order valence-corrected chi connectivity index (χ4v) is 2.56. The Balaban J connectivity index is 1.75. The topological polar surface area (TPSA) is 88.5 Å². The molecule has 9 heteroatoms. The molecule has 0 aliphatic rings. The maximum atomic E-state index is 12.0. The number of aryl methyl sites for hydroxylation is 1. The quantitative estimate of drug-likeness (QED) is 0.759. The van der Waals surface area contributed by atoms with E-state index in [-0.39, 0.29) is 30.3 Å². The summed E-state index contributed by atoms with van der Waals surface area (Å²) in [5, 5.41) is 13.3. The summed E-state index contributed by atoms with van der Waals surface area (Å²) in [4.78, 5) is 26.3. The highest BCUT2D eigenvalue weighted by Gasteiger charge is 2.10. The third kappa shape index (κ3) is 5.58. The number of amides is 1. The molecule has 1 amide bonds. The molecule has 1 aromatic heterocycles. The summed E-state index contributed by atoms with van der Waals surface area (Å²) >= 11 is 1.16. The van der Waals surface area contributed by atoms with Gasteiger partial charge in [-0.25, -0.2) is 9.78 Å². The van der Waals surface area contributed by atoms with Gasteiger partial charge in [0.1, 0.15) is 10.8 Å². The lowest BCUT2D eigenvalue weighted by molar-refractivity contribution is -0.121. The van der Waals surface area contributed by atoms with Crippen molar-refractivity contribution in [3.8, 4) is 5.75 Å². The average Bonchev–Trinajstić information content (AvgIpc) is 3.01. The Morgan fingerprint density at radius 3 is 2.58 bits per heavy atom. The minimum Gasteiger partial charge on any atom is -0.476 e. The predicted molar refractivity (Wildman–Crippen MR) is 82.3 cm³/mol. The SMILES string of the molecule is O=C(CCc1ccc(OC(F)F)cc1)NCc1nc(C(=O)O)cs1. The van der Waals surface area contributed by atoms with Gasteiger partial charge in [-0.15, -0.1) is 11.3 Å². The lowest BCUT2D eigenvalue weighted by atomic mass is 10.1. The number of carboxylic acid groups (broad SMARTS) is 1. The minimum absolute atomic E-state index is 0.0460. The molecule has 6 nitrogen and oxygen atoms in total. The lowest BCUT2D eigenvalue weighted by Gasteiger charge is -2.06. The standard InChI is InChI=1S/C15H14F2N2O4S/c16-15(17)23-10-4-1-9(2-5-10)3-6-12(20)18-7-13-19-11(8-24-13)14(21)22/h1-2,4-5,8,15H,3,6-7H2,(H,18,20)(H,21,22). The number of ether oxygens (including phenoxy) is 1. The van der Waals surface area contributed by atoms with Gasteiger partial charge in [-0.3, -0.25) is 4.79 Å². The molecule has 128 valence electrons. The zero-order valence-electron chi connectivity index (χ0n) is 12.4. The largest absolute Gasteiger partial charge is 0.476 e. The summed E-state index contributed by atoms with van der Waals surface area (Å²) in [6.07, 6.45) is 0.658. The number of benzene rings is 1. The molecule has 1 heterocycles. The van der Waals surface area contributed by atoms with Crippen molar-refractivity contribution in [2.45, 2.75) is 26.0 Å². The molecule has 2 aromatic rings. The molecule has 0 fully saturated rings. The molecule has 0 bridgehead atoms. The first-order valence-corrected chi connectivity index (χ1v) is 7.80. The minimum atomic E-state index is -2.87. The van der Waals surface area contributed by atoms with E-state index < -0.39 is 12.6 Å². The number of aromatic carboxylic acids is 1. The van der Waals surface area contributed by atoms with Crippen molar-refractivity contribution >= 4 is 23.2 Å². The van der Waals surface area contributed by atoms with Crippen LogP contribution < -0.4 is 10.1 Å². The zero-order chi connectivity index (χ0) is 17.5. The van der Waals surface area contributed by atoms with E-state index in [9.17, 15) is 18.4 Å². The monoisotopic (exact) mass is 356 g/mol. The van der Waals surface area contributed by atoms with Crippen molar-refractivity contribution in [1.82, 2.24) is 10.3 Å². The van der Waals surface area contributed by atoms with Crippen LogP contribution in [-0.4, -0.2) is 28.6 Å². The van der Waals surface area contributed by atoms with Gasteiger partial charge in [0.25, 0.3) is 0 Å². The van der Waals surface area contributed by atoms with Crippen LogP contribution in [0.15, 0.2) is 29.6 Å². The molecular weight excluding hydrogens is 342 g/mol. The van der Waals surface area contributed by atoms with E-state index >= 15 is 0 Å². The van der Waals surface area contributed by atoms with Gasteiger partial charge in [-0.1, -0.05) is 12.1 Å². The van der Waals surface area contributed by atoms with Gasteiger partial charge in [0, 0.05) is 11.8 Å². The second-order valence-electron chi connectivity index (χ2n) is 4.73. The summed E-state index contributed by atoms with van der Waals surface area (Å²) in [5.74, 6) is -1.26. The fourth-order valence-electron chi connectivity index (χ4n) is 1.85. The van der Waals surface area contributed by atoms with Crippen LogP contribution in [0.3, 0.4) is 0 Å². The number of thiazole rings is 1. The fraction of sp³-hybridized carbons (Fsp3) is 0.267. The van der Waals surface area contributed by atoms with E-state index in [4.69, 9.17) is 5.11 Å². The van der Waals surface area contributed by atoms with Crippen LogP contribution in [0.4, 0.5) is 8.78 Å². The number of halogens is 2. The highest BCUT2D eigenvalue weighted by atomic mass is 32.1. The molecule has 0 atom stereocenters. The molecule has 0 unspecified atom stereocenters. The smallest absolute Gasteiger partial charge is 0.387 e. The van der Waals surface area contributed by atoms with Crippen LogP contribution in [0.5, 0.6) is 5.75 Å². The van der Waals surface area contributed by atoms with E-state index in [1.54, 1.807) is 12.1 Å².